The van der Waals surface area contributed by atoms with Gasteiger partial charge in [-0.05, 0) is 25.5 Å². The Kier molecular flexibility index (Phi) is 6.47. The molecule has 1 saturated heterocycles. The van der Waals surface area contributed by atoms with E-state index in [1.807, 2.05) is 42.3 Å². The number of thiazole rings is 1. The molecule has 31 heavy (non-hydrogen) atoms. The SMILES string of the molecule is CNCCOc1nc2sc(N3CCC[C@@H]3C(=O)NCc3ccccc3)nc2c(=O)n1C. The van der Waals surface area contributed by atoms with Gasteiger partial charge in [-0.25, -0.2) is 4.98 Å². The van der Waals surface area contributed by atoms with E-state index >= 15 is 0 Å². The first-order valence-corrected chi connectivity index (χ1v) is 11.1. The lowest BCUT2D eigenvalue weighted by Gasteiger charge is -2.23. The van der Waals surface area contributed by atoms with E-state index in [0.29, 0.717) is 35.2 Å². The Bertz CT molecular complexity index is 1110. The zero-order valence-corrected chi connectivity index (χ0v) is 18.4. The van der Waals surface area contributed by atoms with Crippen molar-refractivity contribution in [2.24, 2.45) is 7.05 Å². The van der Waals surface area contributed by atoms with E-state index in [4.69, 9.17) is 4.74 Å². The average Bonchev–Trinajstić information content (AvgIpc) is 3.43. The number of ether oxygens (including phenoxy) is 1. The van der Waals surface area contributed by atoms with Crippen LogP contribution in [0.5, 0.6) is 6.01 Å². The predicted octanol–water partition coefficient (Wildman–Crippen LogP) is 1.27. The highest BCUT2D eigenvalue weighted by Crippen LogP contribution is 2.32. The van der Waals surface area contributed by atoms with Crippen molar-refractivity contribution >= 4 is 32.7 Å². The maximum absolute atomic E-state index is 12.9. The molecule has 0 spiro atoms. The van der Waals surface area contributed by atoms with Crippen molar-refractivity contribution in [2.45, 2.75) is 25.4 Å². The van der Waals surface area contributed by atoms with Crippen LogP contribution in [-0.2, 0) is 18.4 Å². The number of hydrogen-bond donors (Lipinski definition) is 2. The second-order valence-corrected chi connectivity index (χ2v) is 8.37. The number of carbonyl (C=O) groups is 1. The lowest BCUT2D eigenvalue weighted by atomic mass is 10.2. The minimum Gasteiger partial charge on any atom is -0.463 e. The number of amides is 1. The molecule has 1 amide bonds. The van der Waals surface area contributed by atoms with Crippen LogP contribution in [0.4, 0.5) is 5.13 Å². The van der Waals surface area contributed by atoms with E-state index < -0.39 is 0 Å². The van der Waals surface area contributed by atoms with E-state index in [1.165, 1.54) is 15.9 Å². The summed E-state index contributed by atoms with van der Waals surface area (Å²) in [6, 6.07) is 9.78. The van der Waals surface area contributed by atoms with Crippen LogP contribution in [0, 0.1) is 0 Å². The van der Waals surface area contributed by atoms with Gasteiger partial charge in [0.2, 0.25) is 5.91 Å². The lowest BCUT2D eigenvalue weighted by Crippen LogP contribution is -2.43. The summed E-state index contributed by atoms with van der Waals surface area (Å²) < 4.78 is 7.00. The van der Waals surface area contributed by atoms with E-state index in [2.05, 4.69) is 20.6 Å². The molecule has 1 atom stereocenters. The minimum atomic E-state index is -0.306. The minimum absolute atomic E-state index is 0.0300. The molecule has 0 saturated carbocycles. The van der Waals surface area contributed by atoms with Gasteiger partial charge >= 0.3 is 0 Å². The first-order valence-electron chi connectivity index (χ1n) is 10.3. The third kappa shape index (κ3) is 4.54. The fourth-order valence-corrected chi connectivity index (χ4v) is 4.59. The van der Waals surface area contributed by atoms with Crippen LogP contribution >= 0.6 is 11.3 Å². The topological polar surface area (TPSA) is 101 Å². The maximum Gasteiger partial charge on any atom is 0.300 e. The Balaban J connectivity index is 1.53. The molecule has 9 nitrogen and oxygen atoms in total. The number of fused-ring (bicyclic) bond motifs is 1. The first kappa shape index (κ1) is 21.3. The van der Waals surface area contributed by atoms with Crippen LogP contribution in [0.15, 0.2) is 35.1 Å². The van der Waals surface area contributed by atoms with E-state index in [0.717, 1.165) is 24.9 Å². The van der Waals surface area contributed by atoms with Crippen LogP contribution < -0.4 is 25.8 Å². The van der Waals surface area contributed by atoms with Crippen molar-refractivity contribution in [2.75, 3.05) is 31.6 Å². The van der Waals surface area contributed by atoms with Crippen LogP contribution in [0.25, 0.3) is 10.3 Å². The molecular weight excluding hydrogens is 416 g/mol. The molecule has 1 aliphatic rings. The molecule has 164 valence electrons. The van der Waals surface area contributed by atoms with Gasteiger partial charge in [0.25, 0.3) is 11.6 Å². The monoisotopic (exact) mass is 442 g/mol. The van der Waals surface area contributed by atoms with Gasteiger partial charge in [-0.3, -0.25) is 14.2 Å². The fraction of sp³-hybridized carbons (Fsp3) is 0.429. The molecule has 3 heterocycles. The van der Waals surface area contributed by atoms with Crippen LogP contribution in [0.1, 0.15) is 18.4 Å². The number of anilines is 1. The summed E-state index contributed by atoms with van der Waals surface area (Å²) in [6.45, 7) is 2.26. The average molecular weight is 443 g/mol. The number of nitrogens with zero attached hydrogens (tertiary/aromatic N) is 4. The zero-order chi connectivity index (χ0) is 21.8. The standard InChI is InChI=1S/C21H26N6O3S/c1-22-10-12-30-20-25-18-16(19(29)26(20)2)24-21(31-18)27-11-6-9-15(27)17(28)23-13-14-7-4-3-5-8-14/h3-5,7-8,15,22H,6,9-13H2,1-2H3,(H,23,28)/t15-/m1/s1. The molecule has 0 radical (unpaired) electrons. The summed E-state index contributed by atoms with van der Waals surface area (Å²) in [5.41, 5.74) is 1.11. The fourth-order valence-electron chi connectivity index (χ4n) is 3.59. The Morgan fingerprint density at radius 2 is 2.10 bits per heavy atom. The molecule has 2 N–H and O–H groups in total. The molecule has 1 aliphatic heterocycles. The van der Waals surface area contributed by atoms with Crippen molar-refractivity contribution in [3.05, 3.63) is 46.2 Å². The van der Waals surface area contributed by atoms with Crippen LogP contribution in [0.3, 0.4) is 0 Å². The molecule has 3 aromatic rings. The van der Waals surface area contributed by atoms with E-state index in [-0.39, 0.29) is 23.5 Å². The highest BCUT2D eigenvalue weighted by molar-refractivity contribution is 7.21. The summed E-state index contributed by atoms with van der Waals surface area (Å²) in [7, 11) is 3.45. The van der Waals surface area contributed by atoms with Crippen LogP contribution in [0.2, 0.25) is 0 Å². The number of hydrogen-bond acceptors (Lipinski definition) is 8. The molecule has 1 aromatic carbocycles. The van der Waals surface area contributed by atoms with Gasteiger partial charge in [0.05, 0.1) is 0 Å². The number of rotatable bonds is 8. The molecule has 0 unspecified atom stereocenters. The first-order chi connectivity index (χ1) is 15.1. The van der Waals surface area contributed by atoms with Crippen LogP contribution in [-0.4, -0.2) is 53.2 Å². The van der Waals surface area contributed by atoms with Gasteiger partial charge in [-0.15, -0.1) is 0 Å². The Labute approximate surface area is 184 Å². The molecule has 2 aromatic heterocycles. The molecule has 4 rings (SSSR count). The van der Waals surface area contributed by atoms with E-state index in [9.17, 15) is 9.59 Å². The van der Waals surface area contributed by atoms with Crippen molar-refractivity contribution in [3.8, 4) is 6.01 Å². The third-order valence-corrected chi connectivity index (χ3v) is 6.27. The van der Waals surface area contributed by atoms with Crippen molar-refractivity contribution in [3.63, 3.8) is 0 Å². The van der Waals surface area contributed by atoms with Gasteiger partial charge in [-0.2, -0.15) is 4.98 Å². The van der Waals surface area contributed by atoms with Gasteiger partial charge in [-0.1, -0.05) is 41.7 Å². The molecule has 10 heteroatoms. The molecule has 1 fully saturated rings. The summed E-state index contributed by atoms with van der Waals surface area (Å²) in [4.78, 5) is 37.1. The number of aromatic nitrogens is 3. The second kappa shape index (κ2) is 9.44. The largest absolute Gasteiger partial charge is 0.463 e. The Morgan fingerprint density at radius 3 is 2.87 bits per heavy atom. The summed E-state index contributed by atoms with van der Waals surface area (Å²) in [6.07, 6.45) is 1.64. The Hall–Kier alpha value is -2.98. The third-order valence-electron chi connectivity index (χ3n) is 5.28. The smallest absolute Gasteiger partial charge is 0.300 e. The second-order valence-electron chi connectivity index (χ2n) is 7.42. The zero-order valence-electron chi connectivity index (χ0n) is 17.6. The van der Waals surface area contributed by atoms with Gasteiger partial charge in [0.15, 0.2) is 15.5 Å². The normalized spacial score (nSPS) is 16.1. The molecular formula is C21H26N6O3S. The summed E-state index contributed by atoms with van der Waals surface area (Å²) in [5, 5.41) is 6.66. The lowest BCUT2D eigenvalue weighted by molar-refractivity contribution is -0.122. The van der Waals surface area contributed by atoms with Gasteiger partial charge < -0.3 is 20.3 Å². The molecule has 0 bridgehead atoms. The number of benzene rings is 1. The summed E-state index contributed by atoms with van der Waals surface area (Å²) >= 11 is 1.32. The van der Waals surface area contributed by atoms with Crippen molar-refractivity contribution in [1.29, 1.82) is 0 Å². The predicted molar refractivity (Wildman–Crippen MR) is 121 cm³/mol. The Morgan fingerprint density at radius 1 is 1.29 bits per heavy atom. The number of likely N-dealkylation sites (N-methyl/N-ethyl adjacent to an activating group) is 1. The van der Waals surface area contributed by atoms with Gasteiger partial charge in [0, 0.05) is 26.7 Å². The van der Waals surface area contributed by atoms with Crippen molar-refractivity contribution in [1.82, 2.24) is 25.2 Å². The number of nitrogens with one attached hydrogen (secondary N) is 2. The van der Waals surface area contributed by atoms with E-state index in [1.54, 1.807) is 7.05 Å². The number of carbonyl (C=O) groups excluding carboxylic acids is 1. The summed E-state index contributed by atoms with van der Waals surface area (Å²) in [5.74, 6) is -0.0300. The highest BCUT2D eigenvalue weighted by atomic mass is 32.1. The quantitative estimate of drug-likeness (QED) is 0.507. The maximum atomic E-state index is 12.9. The highest BCUT2D eigenvalue weighted by Gasteiger charge is 2.33. The van der Waals surface area contributed by atoms with Gasteiger partial charge in [0.1, 0.15) is 12.6 Å². The molecule has 0 aliphatic carbocycles. The van der Waals surface area contributed by atoms with Crippen molar-refractivity contribution < 1.29 is 9.53 Å².